The number of fused-ring (bicyclic) bond motifs is 1. The zero-order valence-electron chi connectivity index (χ0n) is 16.7. The summed E-state index contributed by atoms with van der Waals surface area (Å²) in [7, 11) is 0. The maximum absolute atomic E-state index is 12.1. The minimum atomic E-state index is -0.0648. The second-order valence-electron chi connectivity index (χ2n) is 8.25. The van der Waals surface area contributed by atoms with E-state index in [1.165, 1.54) is 17.3 Å². The van der Waals surface area contributed by atoms with Gasteiger partial charge < -0.3 is 5.32 Å². The number of hydrogen-bond donors (Lipinski definition) is 1. The van der Waals surface area contributed by atoms with Gasteiger partial charge in [0, 0.05) is 24.1 Å². The van der Waals surface area contributed by atoms with Crippen molar-refractivity contribution in [1.82, 2.24) is 9.97 Å². The molecule has 1 aliphatic rings. The molecule has 6 heteroatoms. The maximum atomic E-state index is 12.1. The monoisotopic (exact) mass is 394 g/mol. The van der Waals surface area contributed by atoms with Crippen LogP contribution in [0.15, 0.2) is 35.6 Å². The molecular formula is C22H26N4OS. The summed E-state index contributed by atoms with van der Waals surface area (Å²) in [5, 5.41) is 13.1. The number of nitrogens with zero attached hydrogens (tertiary/aromatic N) is 3. The lowest BCUT2D eigenvalue weighted by Gasteiger charge is -2.34. The predicted molar refractivity (Wildman–Crippen MR) is 112 cm³/mol. The molecular weight excluding hydrogens is 368 g/mol. The fourth-order valence-electron chi connectivity index (χ4n) is 3.48. The Morgan fingerprint density at radius 3 is 2.93 bits per heavy atom. The average Bonchev–Trinajstić information content (AvgIpc) is 2.67. The molecule has 0 saturated carbocycles. The van der Waals surface area contributed by atoms with Crippen molar-refractivity contribution in [3.63, 3.8) is 0 Å². The number of aromatic nitrogens is 2. The van der Waals surface area contributed by atoms with Crippen molar-refractivity contribution < 1.29 is 4.79 Å². The number of nitrogens with one attached hydrogen (secondary N) is 1. The summed E-state index contributed by atoms with van der Waals surface area (Å²) in [4.78, 5) is 20.8. The SMILES string of the molecule is CC(C)(C)C1CCc2nc(SCCC(=O)Nc3cccnc3)c(C#N)cc2C1. The molecule has 5 nitrogen and oxygen atoms in total. The van der Waals surface area contributed by atoms with Gasteiger partial charge in [0.2, 0.25) is 5.91 Å². The molecule has 1 atom stereocenters. The Morgan fingerprint density at radius 2 is 2.25 bits per heavy atom. The fourth-order valence-corrected chi connectivity index (χ4v) is 4.39. The number of aryl methyl sites for hydroxylation is 1. The van der Waals surface area contributed by atoms with Crippen molar-refractivity contribution in [3.05, 3.63) is 47.4 Å². The van der Waals surface area contributed by atoms with Crippen LogP contribution in [0.25, 0.3) is 0 Å². The lowest BCUT2D eigenvalue weighted by molar-refractivity contribution is -0.115. The highest BCUT2D eigenvalue weighted by molar-refractivity contribution is 7.99. The van der Waals surface area contributed by atoms with Gasteiger partial charge in [0.25, 0.3) is 0 Å². The molecule has 1 amide bonds. The van der Waals surface area contributed by atoms with Crippen LogP contribution >= 0.6 is 11.8 Å². The number of amides is 1. The fraction of sp³-hybridized carbons (Fsp3) is 0.455. The molecule has 0 aliphatic heterocycles. The van der Waals surface area contributed by atoms with Crippen molar-refractivity contribution in [2.24, 2.45) is 11.3 Å². The molecule has 2 aromatic heterocycles. The van der Waals surface area contributed by atoms with E-state index < -0.39 is 0 Å². The van der Waals surface area contributed by atoms with Crippen LogP contribution in [0.1, 0.15) is 50.4 Å². The highest BCUT2D eigenvalue weighted by Crippen LogP contribution is 2.38. The third kappa shape index (κ3) is 5.11. The van der Waals surface area contributed by atoms with E-state index in [9.17, 15) is 10.1 Å². The van der Waals surface area contributed by atoms with E-state index in [1.807, 2.05) is 12.1 Å². The molecule has 3 rings (SSSR count). The lowest BCUT2D eigenvalue weighted by atomic mass is 9.71. The number of pyridine rings is 2. The average molecular weight is 395 g/mol. The molecule has 2 heterocycles. The van der Waals surface area contributed by atoms with E-state index in [1.54, 1.807) is 18.5 Å². The largest absolute Gasteiger partial charge is 0.325 e. The number of anilines is 1. The van der Waals surface area contributed by atoms with Gasteiger partial charge in [0.15, 0.2) is 0 Å². The van der Waals surface area contributed by atoms with Crippen LogP contribution in [-0.4, -0.2) is 21.6 Å². The first-order valence-electron chi connectivity index (χ1n) is 9.62. The van der Waals surface area contributed by atoms with Crippen molar-refractivity contribution in [2.45, 2.75) is 51.5 Å². The number of nitriles is 1. The molecule has 0 radical (unpaired) electrons. The Balaban J connectivity index is 1.62. The highest BCUT2D eigenvalue weighted by Gasteiger charge is 2.30. The van der Waals surface area contributed by atoms with Crippen molar-refractivity contribution in [3.8, 4) is 6.07 Å². The maximum Gasteiger partial charge on any atom is 0.225 e. The summed E-state index contributed by atoms with van der Waals surface area (Å²) in [6, 6.07) is 7.89. The van der Waals surface area contributed by atoms with Gasteiger partial charge in [-0.05, 0) is 54.4 Å². The molecule has 28 heavy (non-hydrogen) atoms. The molecule has 0 saturated heterocycles. The van der Waals surface area contributed by atoms with E-state index in [4.69, 9.17) is 4.98 Å². The van der Waals surface area contributed by atoms with Gasteiger partial charge in [0.05, 0.1) is 17.4 Å². The second kappa shape index (κ2) is 8.74. The zero-order chi connectivity index (χ0) is 20.1. The Morgan fingerprint density at radius 1 is 1.43 bits per heavy atom. The van der Waals surface area contributed by atoms with Gasteiger partial charge >= 0.3 is 0 Å². The van der Waals surface area contributed by atoms with Crippen LogP contribution in [-0.2, 0) is 17.6 Å². The smallest absolute Gasteiger partial charge is 0.225 e. The second-order valence-corrected chi connectivity index (χ2v) is 9.34. The lowest BCUT2D eigenvalue weighted by Crippen LogP contribution is -2.27. The first-order valence-corrected chi connectivity index (χ1v) is 10.6. The molecule has 0 spiro atoms. The number of carbonyl (C=O) groups is 1. The van der Waals surface area contributed by atoms with Crippen molar-refractivity contribution >= 4 is 23.4 Å². The van der Waals surface area contributed by atoms with Crippen molar-refractivity contribution in [2.75, 3.05) is 11.1 Å². The standard InChI is InChI=1S/C22H26N4OS/c1-22(2,3)17-6-7-19-15(12-17)11-16(13-23)21(26-19)28-10-8-20(27)25-18-5-4-9-24-14-18/h4-5,9,11,14,17H,6-8,10,12H2,1-3H3,(H,25,27). The predicted octanol–water partition coefficient (Wildman–Crippen LogP) is 4.62. The molecule has 1 aliphatic carbocycles. The van der Waals surface area contributed by atoms with Crippen LogP contribution in [0.5, 0.6) is 0 Å². The Hall–Kier alpha value is -2.39. The van der Waals surface area contributed by atoms with E-state index in [0.717, 1.165) is 30.0 Å². The summed E-state index contributed by atoms with van der Waals surface area (Å²) in [6.45, 7) is 6.84. The summed E-state index contributed by atoms with van der Waals surface area (Å²) >= 11 is 1.48. The Kier molecular flexibility index (Phi) is 6.35. The van der Waals surface area contributed by atoms with Crippen molar-refractivity contribution in [1.29, 1.82) is 5.26 Å². The van der Waals surface area contributed by atoms with Crippen LogP contribution in [0.3, 0.4) is 0 Å². The number of thioether (sulfide) groups is 1. The normalized spacial score (nSPS) is 16.1. The highest BCUT2D eigenvalue weighted by atomic mass is 32.2. The minimum Gasteiger partial charge on any atom is -0.325 e. The third-order valence-corrected chi connectivity index (χ3v) is 6.20. The molecule has 0 aromatic carbocycles. The number of rotatable bonds is 5. The van der Waals surface area contributed by atoms with E-state index in [2.05, 4.69) is 37.1 Å². The molecule has 146 valence electrons. The van der Waals surface area contributed by atoms with Crippen LogP contribution in [0.2, 0.25) is 0 Å². The van der Waals surface area contributed by atoms with E-state index >= 15 is 0 Å². The third-order valence-electron chi connectivity index (χ3n) is 5.21. The van der Waals surface area contributed by atoms with E-state index in [0.29, 0.717) is 29.3 Å². The molecule has 1 N–H and O–H groups in total. The van der Waals surface area contributed by atoms with Crippen LogP contribution in [0.4, 0.5) is 5.69 Å². The summed E-state index contributed by atoms with van der Waals surface area (Å²) in [5.41, 5.74) is 3.89. The molecule has 0 fully saturated rings. The summed E-state index contributed by atoms with van der Waals surface area (Å²) < 4.78 is 0. The molecule has 1 unspecified atom stereocenters. The van der Waals surface area contributed by atoms with Gasteiger partial charge in [-0.3, -0.25) is 9.78 Å². The van der Waals surface area contributed by atoms with Gasteiger partial charge in [-0.25, -0.2) is 4.98 Å². The van der Waals surface area contributed by atoms with Gasteiger partial charge in [-0.2, -0.15) is 5.26 Å². The Bertz CT molecular complexity index is 884. The number of carbonyl (C=O) groups excluding carboxylic acids is 1. The zero-order valence-corrected chi connectivity index (χ0v) is 17.5. The quantitative estimate of drug-likeness (QED) is 0.749. The van der Waals surface area contributed by atoms with Gasteiger partial charge in [-0.15, -0.1) is 11.8 Å². The summed E-state index contributed by atoms with van der Waals surface area (Å²) in [5.74, 6) is 1.13. The van der Waals surface area contributed by atoms with E-state index in [-0.39, 0.29) is 11.3 Å². The molecule has 2 aromatic rings. The number of hydrogen-bond acceptors (Lipinski definition) is 5. The molecule has 0 bridgehead atoms. The topological polar surface area (TPSA) is 78.7 Å². The van der Waals surface area contributed by atoms with Gasteiger partial charge in [-0.1, -0.05) is 20.8 Å². The van der Waals surface area contributed by atoms with Crippen LogP contribution < -0.4 is 5.32 Å². The first-order chi connectivity index (χ1) is 13.4. The first kappa shape index (κ1) is 20.3. The summed E-state index contributed by atoms with van der Waals surface area (Å²) in [6.07, 6.45) is 6.72. The Labute approximate surface area is 171 Å². The van der Waals surface area contributed by atoms with Crippen LogP contribution in [0, 0.1) is 22.7 Å². The minimum absolute atomic E-state index is 0.0648. The van der Waals surface area contributed by atoms with Gasteiger partial charge in [0.1, 0.15) is 11.1 Å².